The highest BCUT2D eigenvalue weighted by atomic mass is 19.1. The van der Waals surface area contributed by atoms with Gasteiger partial charge in [0, 0.05) is 6.42 Å². The summed E-state index contributed by atoms with van der Waals surface area (Å²) >= 11 is 0. The molecule has 0 saturated carbocycles. The lowest BCUT2D eigenvalue weighted by atomic mass is 9.99. The molecule has 0 amide bonds. The van der Waals surface area contributed by atoms with Crippen LogP contribution in [0.3, 0.4) is 0 Å². The third kappa shape index (κ3) is 4.46. The zero-order valence-corrected chi connectivity index (χ0v) is 9.64. The Morgan fingerprint density at radius 2 is 1.60 bits per heavy atom. The molecule has 15 heavy (non-hydrogen) atoms. The molecule has 1 aromatic rings. The standard InChI is InChI=1S/C14H21F/c1-2-3-4-5-8-13-9-6-7-10-14(13)11-12-15/h6-7,9-10H,2-5,8,11-12H2,1H3. The largest absolute Gasteiger partial charge is 0.251 e. The van der Waals surface area contributed by atoms with Gasteiger partial charge >= 0.3 is 0 Å². The second kappa shape index (κ2) is 7.44. The van der Waals surface area contributed by atoms with Gasteiger partial charge < -0.3 is 0 Å². The second-order valence-electron chi connectivity index (χ2n) is 4.02. The first kappa shape index (κ1) is 12.2. The van der Waals surface area contributed by atoms with Gasteiger partial charge in [-0.2, -0.15) is 0 Å². The summed E-state index contributed by atoms with van der Waals surface area (Å²) in [5.41, 5.74) is 2.53. The van der Waals surface area contributed by atoms with E-state index in [0.717, 1.165) is 6.42 Å². The van der Waals surface area contributed by atoms with Crippen LogP contribution in [0.4, 0.5) is 4.39 Å². The van der Waals surface area contributed by atoms with Gasteiger partial charge in [0.05, 0.1) is 6.67 Å². The third-order valence-electron chi connectivity index (χ3n) is 2.78. The van der Waals surface area contributed by atoms with Crippen LogP contribution in [0.5, 0.6) is 0 Å². The molecule has 0 saturated heterocycles. The molecule has 1 rings (SSSR count). The van der Waals surface area contributed by atoms with Crippen molar-refractivity contribution in [3.05, 3.63) is 35.4 Å². The van der Waals surface area contributed by atoms with Crippen LogP contribution in [0.25, 0.3) is 0 Å². The van der Waals surface area contributed by atoms with E-state index in [1.165, 1.54) is 36.8 Å². The summed E-state index contributed by atoms with van der Waals surface area (Å²) in [6.45, 7) is 1.98. The lowest BCUT2D eigenvalue weighted by molar-refractivity contribution is 0.494. The van der Waals surface area contributed by atoms with Gasteiger partial charge in [-0.05, 0) is 24.0 Å². The number of halogens is 1. The van der Waals surface area contributed by atoms with Crippen molar-refractivity contribution in [2.45, 2.75) is 45.4 Å². The average molecular weight is 208 g/mol. The molecule has 84 valence electrons. The lowest BCUT2D eigenvalue weighted by Crippen LogP contribution is -1.95. The van der Waals surface area contributed by atoms with Crippen LogP contribution in [0.1, 0.15) is 43.7 Å². The zero-order chi connectivity index (χ0) is 10.9. The molecule has 0 aliphatic heterocycles. The van der Waals surface area contributed by atoms with Crippen molar-refractivity contribution < 1.29 is 4.39 Å². The maximum atomic E-state index is 12.3. The van der Waals surface area contributed by atoms with E-state index in [2.05, 4.69) is 25.1 Å². The van der Waals surface area contributed by atoms with E-state index in [9.17, 15) is 4.39 Å². The Morgan fingerprint density at radius 3 is 2.20 bits per heavy atom. The van der Waals surface area contributed by atoms with Crippen molar-refractivity contribution in [2.75, 3.05) is 6.67 Å². The molecule has 0 bridgehead atoms. The van der Waals surface area contributed by atoms with Crippen LogP contribution >= 0.6 is 0 Å². The molecular weight excluding hydrogens is 187 g/mol. The number of aryl methyl sites for hydroxylation is 2. The van der Waals surface area contributed by atoms with Crippen LogP contribution in [0, 0.1) is 0 Å². The molecule has 0 aliphatic rings. The maximum absolute atomic E-state index is 12.3. The van der Waals surface area contributed by atoms with Crippen LogP contribution in [0.15, 0.2) is 24.3 Å². The molecule has 1 aromatic carbocycles. The SMILES string of the molecule is CCCCCCc1ccccc1CCF. The first-order valence-corrected chi connectivity index (χ1v) is 6.01. The zero-order valence-electron chi connectivity index (χ0n) is 9.64. The minimum Gasteiger partial charge on any atom is -0.251 e. The maximum Gasteiger partial charge on any atom is 0.0934 e. The fourth-order valence-electron chi connectivity index (χ4n) is 1.89. The van der Waals surface area contributed by atoms with E-state index in [0.29, 0.717) is 6.42 Å². The molecule has 0 unspecified atom stereocenters. The Hall–Kier alpha value is -0.850. The number of alkyl halides is 1. The minimum absolute atomic E-state index is 0.244. The lowest BCUT2D eigenvalue weighted by Gasteiger charge is -2.07. The van der Waals surface area contributed by atoms with E-state index < -0.39 is 0 Å². The summed E-state index contributed by atoms with van der Waals surface area (Å²) in [6, 6.07) is 8.24. The van der Waals surface area contributed by atoms with Crippen LogP contribution in [-0.2, 0) is 12.8 Å². The fourth-order valence-corrected chi connectivity index (χ4v) is 1.89. The Balaban J connectivity index is 2.44. The van der Waals surface area contributed by atoms with Crippen molar-refractivity contribution in [2.24, 2.45) is 0 Å². The van der Waals surface area contributed by atoms with Gasteiger partial charge in [0.25, 0.3) is 0 Å². The Morgan fingerprint density at radius 1 is 0.933 bits per heavy atom. The van der Waals surface area contributed by atoms with Crippen molar-refractivity contribution in [3.63, 3.8) is 0 Å². The summed E-state index contributed by atoms with van der Waals surface area (Å²) in [4.78, 5) is 0. The van der Waals surface area contributed by atoms with Gasteiger partial charge in [0.15, 0.2) is 0 Å². The number of hydrogen-bond donors (Lipinski definition) is 0. The van der Waals surface area contributed by atoms with Crippen molar-refractivity contribution in [1.82, 2.24) is 0 Å². The van der Waals surface area contributed by atoms with Crippen molar-refractivity contribution >= 4 is 0 Å². The van der Waals surface area contributed by atoms with Gasteiger partial charge in [-0.3, -0.25) is 4.39 Å². The Bertz CT molecular complexity index is 268. The van der Waals surface area contributed by atoms with Crippen LogP contribution in [-0.4, -0.2) is 6.67 Å². The summed E-state index contributed by atoms with van der Waals surface area (Å²) in [6.07, 6.45) is 6.79. The number of benzene rings is 1. The molecule has 0 atom stereocenters. The smallest absolute Gasteiger partial charge is 0.0934 e. The third-order valence-corrected chi connectivity index (χ3v) is 2.78. The quantitative estimate of drug-likeness (QED) is 0.585. The highest BCUT2D eigenvalue weighted by molar-refractivity contribution is 5.27. The molecular formula is C14H21F. The topological polar surface area (TPSA) is 0 Å². The van der Waals surface area contributed by atoms with E-state index >= 15 is 0 Å². The molecule has 0 aliphatic carbocycles. The molecule has 0 nitrogen and oxygen atoms in total. The van der Waals surface area contributed by atoms with E-state index in [1.807, 2.05) is 6.07 Å². The molecule has 0 aromatic heterocycles. The predicted octanol–water partition coefficient (Wildman–Crippen LogP) is 4.32. The number of hydrogen-bond acceptors (Lipinski definition) is 0. The van der Waals surface area contributed by atoms with Crippen molar-refractivity contribution in [1.29, 1.82) is 0 Å². The van der Waals surface area contributed by atoms with Crippen molar-refractivity contribution in [3.8, 4) is 0 Å². The van der Waals surface area contributed by atoms with E-state index in [1.54, 1.807) is 0 Å². The van der Waals surface area contributed by atoms with Gasteiger partial charge in [0.2, 0.25) is 0 Å². The van der Waals surface area contributed by atoms with Gasteiger partial charge in [0.1, 0.15) is 0 Å². The number of unbranched alkanes of at least 4 members (excludes halogenated alkanes) is 3. The average Bonchev–Trinajstić information content (AvgIpc) is 2.27. The molecule has 0 spiro atoms. The minimum atomic E-state index is -0.244. The number of rotatable bonds is 7. The summed E-state index contributed by atoms with van der Waals surface area (Å²) in [5.74, 6) is 0. The second-order valence-corrected chi connectivity index (χ2v) is 4.02. The van der Waals surface area contributed by atoms with E-state index in [-0.39, 0.29) is 6.67 Å². The van der Waals surface area contributed by atoms with Gasteiger partial charge in [-0.1, -0.05) is 50.5 Å². The van der Waals surface area contributed by atoms with Crippen LogP contribution < -0.4 is 0 Å². The first-order valence-electron chi connectivity index (χ1n) is 6.01. The van der Waals surface area contributed by atoms with Gasteiger partial charge in [-0.15, -0.1) is 0 Å². The van der Waals surface area contributed by atoms with E-state index in [4.69, 9.17) is 0 Å². The summed E-state index contributed by atoms with van der Waals surface area (Å²) in [5, 5.41) is 0. The Kier molecular flexibility index (Phi) is 6.06. The molecule has 0 radical (unpaired) electrons. The van der Waals surface area contributed by atoms with Gasteiger partial charge in [-0.25, -0.2) is 0 Å². The predicted molar refractivity (Wildman–Crippen MR) is 64.0 cm³/mol. The molecule has 1 heteroatoms. The molecule has 0 heterocycles. The fraction of sp³-hybridized carbons (Fsp3) is 0.571. The molecule has 0 N–H and O–H groups in total. The highest BCUT2D eigenvalue weighted by Crippen LogP contribution is 2.14. The summed E-state index contributed by atoms with van der Waals surface area (Å²) in [7, 11) is 0. The summed E-state index contributed by atoms with van der Waals surface area (Å²) < 4.78 is 12.3. The molecule has 0 fully saturated rings. The Labute approximate surface area is 92.5 Å². The highest BCUT2D eigenvalue weighted by Gasteiger charge is 2.00. The first-order chi connectivity index (χ1) is 7.38. The monoisotopic (exact) mass is 208 g/mol. The normalized spacial score (nSPS) is 10.5. The van der Waals surface area contributed by atoms with Crippen LogP contribution in [0.2, 0.25) is 0 Å².